The minimum atomic E-state index is -0.304. The number of rotatable bonds is 5. The number of amides is 1. The van der Waals surface area contributed by atoms with E-state index < -0.39 is 0 Å². The number of aromatic nitrogens is 2. The van der Waals surface area contributed by atoms with E-state index in [4.69, 9.17) is 9.40 Å². The van der Waals surface area contributed by atoms with Gasteiger partial charge in [-0.3, -0.25) is 14.2 Å². The van der Waals surface area contributed by atoms with Crippen LogP contribution in [0.25, 0.3) is 27.8 Å². The number of aryl methyl sites for hydroxylation is 2. The summed E-state index contributed by atoms with van der Waals surface area (Å²) in [5.41, 5.74) is 4.50. The number of hydrogen-bond donors (Lipinski definition) is 1. The van der Waals surface area contributed by atoms with E-state index in [0.29, 0.717) is 21.9 Å². The third-order valence-corrected chi connectivity index (χ3v) is 6.35. The fraction of sp³-hybridized carbons (Fsp3) is 0.115. The molecule has 0 atom stereocenters. The number of nitrogens with zero attached hydrogens (tertiary/aromatic N) is 2. The second-order valence-electron chi connectivity index (χ2n) is 7.80. The molecule has 33 heavy (non-hydrogen) atoms. The summed E-state index contributed by atoms with van der Waals surface area (Å²) in [5.74, 6) is -0.0651. The largest absolute Gasteiger partial charge is 0.448 e. The molecule has 0 fully saturated rings. The van der Waals surface area contributed by atoms with Crippen LogP contribution in [0, 0.1) is 13.8 Å². The summed E-state index contributed by atoms with van der Waals surface area (Å²) in [4.78, 5) is 30.9. The molecule has 0 aliphatic rings. The molecule has 2 heterocycles. The Hall–Kier alpha value is -3.84. The lowest BCUT2D eigenvalue weighted by atomic mass is 10.2. The summed E-state index contributed by atoms with van der Waals surface area (Å²) >= 11 is 1.22. The number of carbonyl (C=O) groups excluding carboxylic acids is 1. The van der Waals surface area contributed by atoms with E-state index in [-0.39, 0.29) is 22.8 Å². The topological polar surface area (TPSA) is 77.1 Å². The molecule has 0 saturated heterocycles. The highest BCUT2D eigenvalue weighted by Gasteiger charge is 2.19. The zero-order valence-corrected chi connectivity index (χ0v) is 19.0. The summed E-state index contributed by atoms with van der Waals surface area (Å²) in [5, 5.41) is 4.13. The van der Waals surface area contributed by atoms with Gasteiger partial charge < -0.3 is 9.73 Å². The lowest BCUT2D eigenvalue weighted by molar-refractivity contribution is -0.113. The third-order valence-electron chi connectivity index (χ3n) is 5.41. The molecule has 5 rings (SSSR count). The lowest BCUT2D eigenvalue weighted by Crippen LogP contribution is -2.22. The quantitative estimate of drug-likeness (QED) is 0.281. The molecule has 164 valence electrons. The fourth-order valence-corrected chi connectivity index (χ4v) is 4.48. The van der Waals surface area contributed by atoms with Gasteiger partial charge in [0.25, 0.3) is 0 Å². The number of furan rings is 1. The average molecular weight is 456 g/mol. The number of thioether (sulfide) groups is 1. The third kappa shape index (κ3) is 4.03. The van der Waals surface area contributed by atoms with Crippen molar-refractivity contribution in [2.24, 2.45) is 0 Å². The zero-order valence-electron chi connectivity index (χ0n) is 18.2. The molecule has 0 radical (unpaired) electrons. The molecule has 6 nitrogen and oxygen atoms in total. The molecule has 0 aliphatic carbocycles. The summed E-state index contributed by atoms with van der Waals surface area (Å²) in [7, 11) is 0. The van der Waals surface area contributed by atoms with Crippen LogP contribution in [0.3, 0.4) is 0 Å². The van der Waals surface area contributed by atoms with Crippen LogP contribution in [-0.2, 0) is 4.79 Å². The number of benzene rings is 3. The van der Waals surface area contributed by atoms with Gasteiger partial charge in [-0.05, 0) is 49.7 Å². The first-order valence-electron chi connectivity index (χ1n) is 10.5. The van der Waals surface area contributed by atoms with Gasteiger partial charge in [-0.1, -0.05) is 59.8 Å². The van der Waals surface area contributed by atoms with E-state index in [0.717, 1.165) is 22.2 Å². The van der Waals surface area contributed by atoms with Crippen molar-refractivity contribution in [3.8, 4) is 5.69 Å². The molecule has 5 aromatic rings. The molecule has 0 unspecified atom stereocenters. The van der Waals surface area contributed by atoms with Crippen molar-refractivity contribution >= 4 is 45.4 Å². The SMILES string of the molecule is Cc1ccc(-n2c(SCC(=O)Nc3ccccc3C)nc3c(oc4ccccc43)c2=O)cc1. The van der Waals surface area contributed by atoms with E-state index in [2.05, 4.69) is 5.32 Å². The molecular formula is C26H21N3O3S. The first kappa shape index (κ1) is 21.0. The smallest absolute Gasteiger partial charge is 0.302 e. The Labute approximate surface area is 194 Å². The van der Waals surface area contributed by atoms with E-state index >= 15 is 0 Å². The van der Waals surface area contributed by atoms with E-state index in [1.807, 2.05) is 86.6 Å². The fourth-order valence-electron chi connectivity index (χ4n) is 3.67. The van der Waals surface area contributed by atoms with Gasteiger partial charge in [0.05, 0.1) is 11.4 Å². The minimum Gasteiger partial charge on any atom is -0.448 e. The van der Waals surface area contributed by atoms with Gasteiger partial charge in [0.15, 0.2) is 5.16 Å². The van der Waals surface area contributed by atoms with Crippen molar-refractivity contribution < 1.29 is 9.21 Å². The van der Waals surface area contributed by atoms with Crippen molar-refractivity contribution in [1.29, 1.82) is 0 Å². The summed E-state index contributed by atoms with van der Waals surface area (Å²) in [6.45, 7) is 3.93. The van der Waals surface area contributed by atoms with Gasteiger partial charge >= 0.3 is 5.56 Å². The summed E-state index contributed by atoms with van der Waals surface area (Å²) in [6.07, 6.45) is 0. The van der Waals surface area contributed by atoms with E-state index in [9.17, 15) is 9.59 Å². The molecule has 2 aromatic heterocycles. The predicted octanol–water partition coefficient (Wildman–Crippen LogP) is 5.48. The van der Waals surface area contributed by atoms with Gasteiger partial charge in [0.2, 0.25) is 11.5 Å². The Kier molecular flexibility index (Phi) is 5.48. The Morgan fingerprint density at radius 2 is 1.73 bits per heavy atom. The number of nitrogens with one attached hydrogen (secondary N) is 1. The zero-order chi connectivity index (χ0) is 22.9. The van der Waals surface area contributed by atoms with Gasteiger partial charge in [0, 0.05) is 11.1 Å². The number of anilines is 1. The average Bonchev–Trinajstić information content (AvgIpc) is 3.19. The van der Waals surface area contributed by atoms with Crippen LogP contribution < -0.4 is 10.9 Å². The molecule has 1 amide bonds. The van der Waals surface area contributed by atoms with Gasteiger partial charge in [-0.15, -0.1) is 0 Å². The molecule has 0 bridgehead atoms. The first-order valence-corrected chi connectivity index (χ1v) is 11.5. The van der Waals surface area contributed by atoms with Crippen LogP contribution in [0.15, 0.2) is 87.2 Å². The highest BCUT2D eigenvalue weighted by atomic mass is 32.2. The van der Waals surface area contributed by atoms with Crippen molar-refractivity contribution in [1.82, 2.24) is 9.55 Å². The molecule has 0 saturated carbocycles. The molecule has 1 N–H and O–H groups in total. The number of para-hydroxylation sites is 2. The number of hydrogen-bond acceptors (Lipinski definition) is 5. The second kappa shape index (κ2) is 8.60. The number of carbonyl (C=O) groups is 1. The van der Waals surface area contributed by atoms with Crippen molar-refractivity contribution in [2.45, 2.75) is 19.0 Å². The van der Waals surface area contributed by atoms with Crippen molar-refractivity contribution in [3.63, 3.8) is 0 Å². The highest BCUT2D eigenvalue weighted by Crippen LogP contribution is 2.28. The lowest BCUT2D eigenvalue weighted by Gasteiger charge is -2.12. The maximum Gasteiger partial charge on any atom is 0.302 e. The predicted molar refractivity (Wildman–Crippen MR) is 132 cm³/mol. The Balaban J connectivity index is 1.57. The van der Waals surface area contributed by atoms with Crippen LogP contribution in [-0.4, -0.2) is 21.2 Å². The molecule has 3 aromatic carbocycles. The normalized spacial score (nSPS) is 11.2. The monoisotopic (exact) mass is 455 g/mol. The van der Waals surface area contributed by atoms with Crippen LogP contribution in [0.4, 0.5) is 5.69 Å². The van der Waals surface area contributed by atoms with E-state index in [1.165, 1.54) is 16.3 Å². The second-order valence-corrected chi connectivity index (χ2v) is 8.74. The maximum absolute atomic E-state index is 13.5. The standard InChI is InChI=1S/C26H21N3O3S/c1-16-11-13-18(14-12-16)29-25(31)24-23(19-8-4-6-10-21(19)32-24)28-26(29)33-15-22(30)27-20-9-5-3-7-17(20)2/h3-14H,15H2,1-2H3,(H,27,30). The Morgan fingerprint density at radius 3 is 2.52 bits per heavy atom. The van der Waals surface area contributed by atoms with E-state index in [1.54, 1.807) is 0 Å². The van der Waals surface area contributed by atoms with Crippen molar-refractivity contribution in [3.05, 3.63) is 94.3 Å². The Bertz CT molecular complexity index is 1550. The molecule has 0 aliphatic heterocycles. The van der Waals surface area contributed by atoms with Crippen LogP contribution >= 0.6 is 11.8 Å². The molecule has 7 heteroatoms. The maximum atomic E-state index is 13.5. The van der Waals surface area contributed by atoms with Crippen molar-refractivity contribution in [2.75, 3.05) is 11.1 Å². The first-order chi connectivity index (χ1) is 16.0. The van der Waals surface area contributed by atoms with Gasteiger partial charge in [0.1, 0.15) is 11.1 Å². The molecular weight excluding hydrogens is 434 g/mol. The highest BCUT2D eigenvalue weighted by molar-refractivity contribution is 7.99. The van der Waals surface area contributed by atoms with Crippen LogP contribution in [0.1, 0.15) is 11.1 Å². The van der Waals surface area contributed by atoms with Crippen LogP contribution in [0.5, 0.6) is 0 Å². The van der Waals surface area contributed by atoms with Crippen LogP contribution in [0.2, 0.25) is 0 Å². The van der Waals surface area contributed by atoms with Gasteiger partial charge in [-0.2, -0.15) is 0 Å². The summed E-state index contributed by atoms with van der Waals surface area (Å²) < 4.78 is 7.37. The number of fused-ring (bicyclic) bond motifs is 3. The minimum absolute atomic E-state index is 0.105. The summed E-state index contributed by atoms with van der Waals surface area (Å²) in [6, 6.07) is 22.6. The molecule has 0 spiro atoms. The van der Waals surface area contributed by atoms with Gasteiger partial charge in [-0.25, -0.2) is 4.98 Å². The Morgan fingerprint density at radius 1 is 1.00 bits per heavy atom.